The molecule has 1 saturated heterocycles. The van der Waals surface area contributed by atoms with Crippen LogP contribution in [0.4, 0.5) is 0 Å². The van der Waals surface area contributed by atoms with E-state index in [-0.39, 0.29) is 33.9 Å². The zero-order valence-corrected chi connectivity index (χ0v) is 13.0. The highest BCUT2D eigenvalue weighted by Crippen LogP contribution is 2.20. The van der Waals surface area contributed by atoms with E-state index in [4.69, 9.17) is 16.9 Å². The zero-order valence-electron chi connectivity index (χ0n) is 10.6. The molecule has 20 heavy (non-hydrogen) atoms. The molecule has 1 aliphatic rings. The second-order valence-corrected chi connectivity index (χ2v) is 6.52. The van der Waals surface area contributed by atoms with Gasteiger partial charge in [-0.3, -0.25) is 0 Å². The lowest BCUT2D eigenvalue weighted by molar-refractivity contribution is 0.427. The lowest BCUT2D eigenvalue weighted by Crippen LogP contribution is -2.42. The van der Waals surface area contributed by atoms with Crippen molar-refractivity contribution in [3.8, 4) is 6.07 Å². The summed E-state index contributed by atoms with van der Waals surface area (Å²) >= 11 is 5.85. The number of sulfonamides is 1. The van der Waals surface area contributed by atoms with Crippen molar-refractivity contribution in [3.63, 3.8) is 0 Å². The third-order valence-corrected chi connectivity index (χ3v) is 4.86. The van der Waals surface area contributed by atoms with Crippen LogP contribution in [0.2, 0.25) is 5.02 Å². The van der Waals surface area contributed by atoms with Crippen LogP contribution in [0.25, 0.3) is 0 Å². The van der Waals surface area contributed by atoms with Gasteiger partial charge in [0.15, 0.2) is 0 Å². The normalized spacial score (nSPS) is 16.2. The Labute approximate surface area is 129 Å². The first-order chi connectivity index (χ1) is 9.03. The van der Waals surface area contributed by atoms with Crippen LogP contribution in [-0.2, 0) is 10.0 Å². The van der Waals surface area contributed by atoms with Crippen molar-refractivity contribution in [3.05, 3.63) is 28.8 Å². The number of nitrogens with zero attached hydrogens (tertiary/aromatic N) is 1. The van der Waals surface area contributed by atoms with Crippen LogP contribution in [0.1, 0.15) is 18.4 Å². The van der Waals surface area contributed by atoms with Crippen LogP contribution < -0.4 is 10.0 Å². The number of piperidine rings is 1. The maximum absolute atomic E-state index is 12.2. The first-order valence-corrected chi connectivity index (χ1v) is 7.82. The van der Waals surface area contributed by atoms with Crippen LogP contribution in [-0.4, -0.2) is 27.5 Å². The Kier molecular flexibility index (Phi) is 6.24. The summed E-state index contributed by atoms with van der Waals surface area (Å²) in [5.74, 6) is 0. The second kappa shape index (κ2) is 7.25. The van der Waals surface area contributed by atoms with Crippen molar-refractivity contribution in [2.45, 2.75) is 23.8 Å². The summed E-state index contributed by atoms with van der Waals surface area (Å²) in [5, 5.41) is 12.1. The number of halogens is 2. The number of hydrogen-bond donors (Lipinski definition) is 2. The van der Waals surface area contributed by atoms with E-state index >= 15 is 0 Å². The average molecular weight is 336 g/mol. The Morgan fingerprint density at radius 3 is 2.55 bits per heavy atom. The lowest BCUT2D eigenvalue weighted by atomic mass is 10.1. The minimum absolute atomic E-state index is 0. The fourth-order valence-corrected chi connectivity index (χ4v) is 3.60. The van der Waals surface area contributed by atoms with Crippen molar-refractivity contribution in [1.29, 1.82) is 5.26 Å². The molecule has 0 aromatic heterocycles. The summed E-state index contributed by atoms with van der Waals surface area (Å²) < 4.78 is 27.0. The molecule has 0 amide bonds. The third kappa shape index (κ3) is 4.08. The molecule has 110 valence electrons. The summed E-state index contributed by atoms with van der Waals surface area (Å²) in [7, 11) is -3.58. The van der Waals surface area contributed by atoms with E-state index in [2.05, 4.69) is 10.0 Å². The molecule has 0 unspecified atom stereocenters. The number of nitriles is 1. The van der Waals surface area contributed by atoms with Gasteiger partial charge in [0.1, 0.15) is 6.07 Å². The molecule has 1 heterocycles. The van der Waals surface area contributed by atoms with E-state index in [1.165, 1.54) is 18.2 Å². The van der Waals surface area contributed by atoms with Gasteiger partial charge >= 0.3 is 0 Å². The van der Waals surface area contributed by atoms with Crippen molar-refractivity contribution >= 4 is 34.0 Å². The Balaban J connectivity index is 0.00000200. The largest absolute Gasteiger partial charge is 0.317 e. The minimum atomic E-state index is -3.58. The third-order valence-electron chi connectivity index (χ3n) is 3.03. The molecule has 2 rings (SSSR count). The predicted molar refractivity (Wildman–Crippen MR) is 79.6 cm³/mol. The summed E-state index contributed by atoms with van der Waals surface area (Å²) in [6.45, 7) is 1.61. The molecule has 0 aliphatic carbocycles. The molecule has 1 aliphatic heterocycles. The summed E-state index contributed by atoms with van der Waals surface area (Å²) in [6, 6.07) is 5.97. The van der Waals surface area contributed by atoms with Crippen molar-refractivity contribution in [2.75, 3.05) is 13.1 Å². The second-order valence-electron chi connectivity index (χ2n) is 4.40. The van der Waals surface area contributed by atoms with Crippen LogP contribution in [0.5, 0.6) is 0 Å². The quantitative estimate of drug-likeness (QED) is 0.880. The minimum Gasteiger partial charge on any atom is -0.317 e. The molecule has 0 spiro atoms. The van der Waals surface area contributed by atoms with E-state index in [1.54, 1.807) is 0 Å². The van der Waals surface area contributed by atoms with Gasteiger partial charge in [0, 0.05) is 6.04 Å². The molecular weight excluding hydrogens is 321 g/mol. The molecule has 1 aromatic carbocycles. The summed E-state index contributed by atoms with van der Waals surface area (Å²) in [5.41, 5.74) is 0.266. The highest BCUT2D eigenvalue weighted by molar-refractivity contribution is 7.89. The molecule has 1 aromatic rings. The molecule has 0 saturated carbocycles. The molecule has 0 bridgehead atoms. The van der Waals surface area contributed by atoms with Gasteiger partial charge in [-0.15, -0.1) is 12.4 Å². The molecular formula is C12H15Cl2N3O2S. The van der Waals surface area contributed by atoms with E-state index in [0.717, 1.165) is 25.9 Å². The number of rotatable bonds is 3. The van der Waals surface area contributed by atoms with Gasteiger partial charge in [0.25, 0.3) is 0 Å². The van der Waals surface area contributed by atoms with Gasteiger partial charge in [0.2, 0.25) is 10.0 Å². The fourth-order valence-electron chi connectivity index (χ4n) is 1.98. The van der Waals surface area contributed by atoms with Crippen LogP contribution in [0, 0.1) is 11.3 Å². The highest BCUT2D eigenvalue weighted by atomic mass is 35.5. The van der Waals surface area contributed by atoms with Crippen molar-refractivity contribution in [2.24, 2.45) is 0 Å². The Morgan fingerprint density at radius 2 is 2.00 bits per heavy atom. The SMILES string of the molecule is Cl.N#Cc1ccc(S(=O)(=O)NC2CCNCC2)cc1Cl. The Morgan fingerprint density at radius 1 is 1.35 bits per heavy atom. The predicted octanol–water partition coefficient (Wildman–Crippen LogP) is 1.66. The van der Waals surface area contributed by atoms with E-state index in [0.29, 0.717) is 0 Å². The van der Waals surface area contributed by atoms with Gasteiger partial charge in [-0.25, -0.2) is 13.1 Å². The Bertz CT molecular complexity index is 608. The van der Waals surface area contributed by atoms with E-state index in [1.807, 2.05) is 6.07 Å². The van der Waals surface area contributed by atoms with Gasteiger partial charge in [-0.1, -0.05) is 11.6 Å². The summed E-state index contributed by atoms with van der Waals surface area (Å²) in [6.07, 6.45) is 1.53. The average Bonchev–Trinajstić information content (AvgIpc) is 2.39. The lowest BCUT2D eigenvalue weighted by Gasteiger charge is -2.23. The van der Waals surface area contributed by atoms with Crippen LogP contribution in [0.3, 0.4) is 0 Å². The smallest absolute Gasteiger partial charge is 0.240 e. The molecule has 1 fully saturated rings. The molecule has 0 radical (unpaired) electrons. The van der Waals surface area contributed by atoms with Gasteiger partial charge in [0.05, 0.1) is 15.5 Å². The molecule has 2 N–H and O–H groups in total. The fraction of sp³-hybridized carbons (Fsp3) is 0.417. The highest BCUT2D eigenvalue weighted by Gasteiger charge is 2.22. The number of hydrogen-bond acceptors (Lipinski definition) is 4. The summed E-state index contributed by atoms with van der Waals surface area (Å²) in [4.78, 5) is 0.0926. The first-order valence-electron chi connectivity index (χ1n) is 5.95. The van der Waals surface area contributed by atoms with Gasteiger partial charge in [-0.05, 0) is 44.1 Å². The standard InChI is InChI=1S/C12H14ClN3O2S.ClH/c13-12-7-11(2-1-9(12)8-14)19(17,18)16-10-3-5-15-6-4-10;/h1-2,7,10,15-16H,3-6H2;1H. The topological polar surface area (TPSA) is 82.0 Å². The van der Waals surface area contributed by atoms with Gasteiger partial charge in [-0.2, -0.15) is 5.26 Å². The van der Waals surface area contributed by atoms with Crippen LogP contribution in [0.15, 0.2) is 23.1 Å². The zero-order chi connectivity index (χ0) is 13.9. The van der Waals surface area contributed by atoms with Crippen molar-refractivity contribution < 1.29 is 8.42 Å². The first kappa shape index (κ1) is 17.2. The number of benzene rings is 1. The van der Waals surface area contributed by atoms with E-state index in [9.17, 15) is 8.42 Å². The molecule has 0 atom stereocenters. The van der Waals surface area contributed by atoms with Crippen LogP contribution >= 0.6 is 24.0 Å². The van der Waals surface area contributed by atoms with Gasteiger partial charge < -0.3 is 5.32 Å². The maximum atomic E-state index is 12.2. The molecule has 5 nitrogen and oxygen atoms in total. The molecule has 8 heteroatoms. The maximum Gasteiger partial charge on any atom is 0.240 e. The number of nitrogens with one attached hydrogen (secondary N) is 2. The van der Waals surface area contributed by atoms with E-state index < -0.39 is 10.0 Å². The monoisotopic (exact) mass is 335 g/mol. The Hall–Kier alpha value is -0.840. The van der Waals surface area contributed by atoms with Crippen molar-refractivity contribution in [1.82, 2.24) is 10.0 Å².